The number of benzene rings is 1. The molecular formula is C16H11ClN2O4. The van der Waals surface area contributed by atoms with Gasteiger partial charge < -0.3 is 8.94 Å². The predicted octanol–water partition coefficient (Wildman–Crippen LogP) is 4.98. The molecule has 3 aromatic rings. The molecule has 116 valence electrons. The standard InChI is InChI=1S/C16H11ClN2O4/c1-10-16(19(20)21)15(23-18-10)9-7-13-6-8-14(22-13)11-2-4-12(17)5-3-11/h2-9H,1H3. The molecule has 0 atom stereocenters. The van der Waals surface area contributed by atoms with Gasteiger partial charge in [-0.3, -0.25) is 10.1 Å². The van der Waals surface area contributed by atoms with Crippen molar-refractivity contribution in [1.82, 2.24) is 5.16 Å². The van der Waals surface area contributed by atoms with Gasteiger partial charge in [0.2, 0.25) is 5.76 Å². The van der Waals surface area contributed by atoms with Crippen molar-refractivity contribution in [1.29, 1.82) is 0 Å². The van der Waals surface area contributed by atoms with E-state index in [9.17, 15) is 10.1 Å². The Morgan fingerprint density at radius 1 is 1.17 bits per heavy atom. The van der Waals surface area contributed by atoms with Crippen molar-refractivity contribution < 1.29 is 13.9 Å². The predicted molar refractivity (Wildman–Crippen MR) is 86.0 cm³/mol. The van der Waals surface area contributed by atoms with E-state index in [2.05, 4.69) is 5.16 Å². The maximum atomic E-state index is 11.0. The molecule has 0 amide bonds. The Labute approximate surface area is 136 Å². The van der Waals surface area contributed by atoms with Crippen molar-refractivity contribution in [2.45, 2.75) is 6.92 Å². The molecule has 23 heavy (non-hydrogen) atoms. The number of nitrogens with zero attached hydrogens (tertiary/aromatic N) is 2. The van der Waals surface area contributed by atoms with Crippen molar-refractivity contribution in [3.8, 4) is 11.3 Å². The van der Waals surface area contributed by atoms with Gasteiger partial charge in [0.05, 0.1) is 4.92 Å². The molecule has 0 bridgehead atoms. The molecule has 0 radical (unpaired) electrons. The van der Waals surface area contributed by atoms with Gasteiger partial charge in [-0.1, -0.05) is 16.8 Å². The lowest BCUT2D eigenvalue weighted by molar-refractivity contribution is -0.386. The van der Waals surface area contributed by atoms with Crippen LogP contribution in [0.3, 0.4) is 0 Å². The minimum Gasteiger partial charge on any atom is -0.457 e. The third kappa shape index (κ3) is 3.17. The summed E-state index contributed by atoms with van der Waals surface area (Å²) in [6, 6.07) is 10.8. The molecule has 0 saturated carbocycles. The van der Waals surface area contributed by atoms with Crippen molar-refractivity contribution in [3.63, 3.8) is 0 Å². The Morgan fingerprint density at radius 3 is 2.61 bits per heavy atom. The number of aryl methyl sites for hydroxylation is 1. The Bertz CT molecular complexity index is 878. The van der Waals surface area contributed by atoms with Crippen LogP contribution in [0.25, 0.3) is 23.5 Å². The number of nitro groups is 1. The summed E-state index contributed by atoms with van der Waals surface area (Å²) in [6.45, 7) is 1.52. The van der Waals surface area contributed by atoms with E-state index in [0.29, 0.717) is 16.5 Å². The minimum absolute atomic E-state index is 0.0805. The van der Waals surface area contributed by atoms with Gasteiger partial charge in [-0.25, -0.2) is 0 Å². The van der Waals surface area contributed by atoms with Crippen LogP contribution in [0.2, 0.25) is 5.02 Å². The zero-order valence-electron chi connectivity index (χ0n) is 12.0. The second kappa shape index (κ2) is 6.10. The fourth-order valence-electron chi connectivity index (χ4n) is 2.08. The fourth-order valence-corrected chi connectivity index (χ4v) is 2.21. The van der Waals surface area contributed by atoms with Crippen LogP contribution in [0.4, 0.5) is 5.69 Å². The van der Waals surface area contributed by atoms with Gasteiger partial charge in [0, 0.05) is 10.6 Å². The monoisotopic (exact) mass is 330 g/mol. The second-order valence-electron chi connectivity index (χ2n) is 4.78. The van der Waals surface area contributed by atoms with Crippen molar-refractivity contribution in [3.05, 3.63) is 68.7 Å². The first-order chi connectivity index (χ1) is 11.0. The second-order valence-corrected chi connectivity index (χ2v) is 5.22. The largest absolute Gasteiger partial charge is 0.457 e. The average molecular weight is 331 g/mol. The van der Waals surface area contributed by atoms with E-state index >= 15 is 0 Å². The molecule has 0 aliphatic carbocycles. The van der Waals surface area contributed by atoms with Gasteiger partial charge in [-0.2, -0.15) is 0 Å². The third-order valence-electron chi connectivity index (χ3n) is 3.19. The van der Waals surface area contributed by atoms with E-state index in [1.54, 1.807) is 24.3 Å². The molecule has 6 nitrogen and oxygen atoms in total. The molecule has 0 spiro atoms. The molecule has 1 aromatic carbocycles. The van der Waals surface area contributed by atoms with Gasteiger partial charge in [-0.05, 0) is 55.5 Å². The molecule has 7 heteroatoms. The summed E-state index contributed by atoms with van der Waals surface area (Å²) in [5.74, 6) is 1.29. The highest BCUT2D eigenvalue weighted by Gasteiger charge is 2.22. The van der Waals surface area contributed by atoms with Crippen LogP contribution >= 0.6 is 11.6 Å². The van der Waals surface area contributed by atoms with Crippen LogP contribution in [0.5, 0.6) is 0 Å². The first kappa shape index (κ1) is 15.1. The fraction of sp³-hybridized carbons (Fsp3) is 0.0625. The Balaban J connectivity index is 1.84. The highest BCUT2D eigenvalue weighted by molar-refractivity contribution is 6.30. The summed E-state index contributed by atoms with van der Waals surface area (Å²) in [4.78, 5) is 10.4. The summed E-state index contributed by atoms with van der Waals surface area (Å²) in [7, 11) is 0. The third-order valence-corrected chi connectivity index (χ3v) is 3.45. The molecule has 2 aromatic heterocycles. The summed E-state index contributed by atoms with van der Waals surface area (Å²) in [5, 5.41) is 15.2. The topological polar surface area (TPSA) is 82.3 Å². The summed E-state index contributed by atoms with van der Waals surface area (Å²) >= 11 is 5.85. The minimum atomic E-state index is -0.521. The highest BCUT2D eigenvalue weighted by atomic mass is 35.5. The zero-order chi connectivity index (χ0) is 16.4. The van der Waals surface area contributed by atoms with Crippen LogP contribution in [0.1, 0.15) is 17.2 Å². The first-order valence-electron chi connectivity index (χ1n) is 6.69. The number of rotatable bonds is 4. The molecular weight excluding hydrogens is 320 g/mol. The van der Waals surface area contributed by atoms with E-state index < -0.39 is 4.92 Å². The number of hydrogen-bond donors (Lipinski definition) is 0. The lowest BCUT2D eigenvalue weighted by atomic mass is 10.2. The van der Waals surface area contributed by atoms with Crippen molar-refractivity contribution in [2.24, 2.45) is 0 Å². The smallest absolute Gasteiger partial charge is 0.338 e. The number of aromatic nitrogens is 1. The van der Waals surface area contributed by atoms with Gasteiger partial charge >= 0.3 is 5.69 Å². The molecule has 0 unspecified atom stereocenters. The van der Waals surface area contributed by atoms with E-state index in [1.807, 2.05) is 18.2 Å². The molecule has 0 aliphatic heterocycles. The molecule has 0 fully saturated rings. The summed E-state index contributed by atoms with van der Waals surface area (Å²) in [5.41, 5.74) is 0.970. The molecule has 0 N–H and O–H groups in total. The van der Waals surface area contributed by atoms with Crippen molar-refractivity contribution in [2.75, 3.05) is 0 Å². The van der Waals surface area contributed by atoms with Crippen molar-refractivity contribution >= 4 is 29.4 Å². The maximum absolute atomic E-state index is 11.0. The summed E-state index contributed by atoms with van der Waals surface area (Å²) < 4.78 is 10.6. The first-order valence-corrected chi connectivity index (χ1v) is 7.07. The maximum Gasteiger partial charge on any atom is 0.338 e. The van der Waals surface area contributed by atoms with Gasteiger partial charge in [0.25, 0.3) is 0 Å². The Hall–Kier alpha value is -2.86. The van der Waals surface area contributed by atoms with E-state index in [1.165, 1.54) is 13.0 Å². The molecule has 0 saturated heterocycles. The van der Waals surface area contributed by atoms with E-state index in [0.717, 1.165) is 5.56 Å². The van der Waals surface area contributed by atoms with Gasteiger partial charge in [0.15, 0.2) is 5.69 Å². The Kier molecular flexibility index (Phi) is 3.99. The van der Waals surface area contributed by atoms with Gasteiger partial charge in [0.1, 0.15) is 11.5 Å². The van der Waals surface area contributed by atoms with Crippen LogP contribution < -0.4 is 0 Å². The normalized spacial score (nSPS) is 11.2. The quantitative estimate of drug-likeness (QED) is 0.498. The van der Waals surface area contributed by atoms with Crippen LogP contribution in [-0.4, -0.2) is 10.1 Å². The Morgan fingerprint density at radius 2 is 1.91 bits per heavy atom. The van der Waals surface area contributed by atoms with Crippen LogP contribution in [0, 0.1) is 17.0 Å². The van der Waals surface area contributed by atoms with Crippen LogP contribution in [0.15, 0.2) is 45.3 Å². The SMILES string of the molecule is Cc1noc(C=Cc2ccc(-c3ccc(Cl)cc3)o2)c1[N+](=O)[O-]. The number of halogens is 1. The number of hydrogen-bond acceptors (Lipinski definition) is 5. The lowest BCUT2D eigenvalue weighted by Gasteiger charge is -1.96. The molecule has 3 rings (SSSR count). The highest BCUT2D eigenvalue weighted by Crippen LogP contribution is 2.27. The van der Waals surface area contributed by atoms with E-state index in [-0.39, 0.29) is 17.1 Å². The lowest BCUT2D eigenvalue weighted by Crippen LogP contribution is -1.89. The average Bonchev–Trinajstić information content (AvgIpc) is 3.12. The van der Waals surface area contributed by atoms with Crippen LogP contribution in [-0.2, 0) is 0 Å². The number of furan rings is 1. The van der Waals surface area contributed by atoms with E-state index in [4.69, 9.17) is 20.5 Å². The van der Waals surface area contributed by atoms with Gasteiger partial charge in [-0.15, -0.1) is 0 Å². The molecule has 2 heterocycles. The zero-order valence-corrected chi connectivity index (χ0v) is 12.8. The summed E-state index contributed by atoms with van der Waals surface area (Å²) in [6.07, 6.45) is 3.05. The molecule has 0 aliphatic rings.